The maximum absolute atomic E-state index is 11.8. The van der Waals surface area contributed by atoms with Gasteiger partial charge in [-0.25, -0.2) is 0 Å². The average Bonchev–Trinajstić information content (AvgIpc) is 2.42. The second-order valence-electron chi connectivity index (χ2n) is 5.78. The zero-order valence-electron chi connectivity index (χ0n) is 12.0. The third kappa shape index (κ3) is 5.83. The van der Waals surface area contributed by atoms with Crippen molar-refractivity contribution in [1.82, 2.24) is 10.2 Å². The summed E-state index contributed by atoms with van der Waals surface area (Å²) in [5.74, 6) is 0.0995. The molecule has 0 spiro atoms. The summed E-state index contributed by atoms with van der Waals surface area (Å²) in [5, 5.41) is 12.5. The van der Waals surface area contributed by atoms with Crippen molar-refractivity contribution in [3.8, 4) is 0 Å². The van der Waals surface area contributed by atoms with E-state index in [1.165, 1.54) is 12.8 Å². The summed E-state index contributed by atoms with van der Waals surface area (Å²) in [6.45, 7) is 7.23. The van der Waals surface area contributed by atoms with Crippen molar-refractivity contribution in [2.45, 2.75) is 71.1 Å². The lowest BCUT2D eigenvalue weighted by Crippen LogP contribution is -2.45. The van der Waals surface area contributed by atoms with Gasteiger partial charge in [0.05, 0.1) is 12.6 Å². The zero-order chi connectivity index (χ0) is 13.5. The van der Waals surface area contributed by atoms with Crippen LogP contribution in [0.15, 0.2) is 0 Å². The van der Waals surface area contributed by atoms with Crippen molar-refractivity contribution in [2.24, 2.45) is 0 Å². The Morgan fingerprint density at radius 2 is 2.06 bits per heavy atom. The molecule has 4 heteroatoms. The van der Waals surface area contributed by atoms with Gasteiger partial charge in [-0.3, -0.25) is 9.69 Å². The highest BCUT2D eigenvalue weighted by Gasteiger charge is 2.24. The van der Waals surface area contributed by atoms with E-state index in [1.807, 2.05) is 20.8 Å². The molecule has 4 nitrogen and oxygen atoms in total. The summed E-state index contributed by atoms with van der Waals surface area (Å²) >= 11 is 0. The molecule has 0 aromatic carbocycles. The monoisotopic (exact) mass is 256 g/mol. The summed E-state index contributed by atoms with van der Waals surface area (Å²) < 4.78 is 0. The Morgan fingerprint density at radius 1 is 1.33 bits per heavy atom. The Kier molecular flexibility index (Phi) is 6.65. The number of hydrogen-bond acceptors (Lipinski definition) is 3. The van der Waals surface area contributed by atoms with E-state index in [9.17, 15) is 9.90 Å². The standard InChI is InChI=1S/C14H28N2O2/c1-11(2)15-14(18)10-16-8-6-4-5-7-13(16)9-12(3)17/h11-13,17H,4-10H2,1-3H3,(H,15,18). The van der Waals surface area contributed by atoms with E-state index in [0.29, 0.717) is 12.6 Å². The molecule has 2 atom stereocenters. The molecule has 1 aliphatic heterocycles. The number of nitrogens with zero attached hydrogens (tertiary/aromatic N) is 1. The molecule has 0 aromatic heterocycles. The molecule has 0 aromatic rings. The predicted octanol–water partition coefficient (Wildman–Crippen LogP) is 1.53. The number of aliphatic hydroxyl groups excluding tert-OH is 1. The van der Waals surface area contributed by atoms with E-state index >= 15 is 0 Å². The van der Waals surface area contributed by atoms with Crippen LogP contribution < -0.4 is 5.32 Å². The molecule has 1 rings (SSSR count). The van der Waals surface area contributed by atoms with E-state index in [0.717, 1.165) is 25.8 Å². The molecular weight excluding hydrogens is 228 g/mol. The summed E-state index contributed by atoms with van der Waals surface area (Å²) in [5.41, 5.74) is 0. The number of amides is 1. The molecule has 1 heterocycles. The van der Waals surface area contributed by atoms with Gasteiger partial charge in [0, 0.05) is 12.1 Å². The quantitative estimate of drug-likeness (QED) is 0.784. The number of hydrogen-bond donors (Lipinski definition) is 2. The highest BCUT2D eigenvalue weighted by atomic mass is 16.3. The number of carbonyl (C=O) groups excluding carboxylic acids is 1. The first kappa shape index (κ1) is 15.4. The molecule has 0 saturated carbocycles. The molecule has 1 amide bonds. The minimum atomic E-state index is -0.288. The third-order valence-electron chi connectivity index (χ3n) is 3.41. The fourth-order valence-corrected chi connectivity index (χ4v) is 2.66. The van der Waals surface area contributed by atoms with Gasteiger partial charge < -0.3 is 10.4 Å². The summed E-state index contributed by atoms with van der Waals surface area (Å²) in [6.07, 6.45) is 5.18. The largest absolute Gasteiger partial charge is 0.393 e. The van der Waals surface area contributed by atoms with E-state index in [1.54, 1.807) is 0 Å². The van der Waals surface area contributed by atoms with Gasteiger partial charge in [0.1, 0.15) is 0 Å². The van der Waals surface area contributed by atoms with Gasteiger partial charge in [-0.1, -0.05) is 12.8 Å². The van der Waals surface area contributed by atoms with Gasteiger partial charge in [0.2, 0.25) is 5.91 Å². The topological polar surface area (TPSA) is 52.6 Å². The van der Waals surface area contributed by atoms with Crippen molar-refractivity contribution in [3.05, 3.63) is 0 Å². The summed E-state index contributed by atoms with van der Waals surface area (Å²) in [4.78, 5) is 14.1. The molecule has 2 unspecified atom stereocenters. The predicted molar refractivity (Wildman–Crippen MR) is 73.4 cm³/mol. The normalized spacial score (nSPS) is 23.7. The molecule has 0 radical (unpaired) electrons. The van der Waals surface area contributed by atoms with Crippen molar-refractivity contribution in [3.63, 3.8) is 0 Å². The second kappa shape index (κ2) is 7.74. The summed E-state index contributed by atoms with van der Waals surface area (Å²) in [6, 6.07) is 0.546. The maximum atomic E-state index is 11.8. The van der Waals surface area contributed by atoms with Crippen LogP contribution in [0.1, 0.15) is 52.9 Å². The number of rotatable bonds is 5. The van der Waals surface area contributed by atoms with Gasteiger partial charge in [-0.2, -0.15) is 0 Å². The zero-order valence-corrected chi connectivity index (χ0v) is 12.0. The lowest BCUT2D eigenvalue weighted by molar-refractivity contribution is -0.123. The van der Waals surface area contributed by atoms with Gasteiger partial charge in [0.15, 0.2) is 0 Å². The first-order valence-electron chi connectivity index (χ1n) is 7.20. The highest BCUT2D eigenvalue weighted by Crippen LogP contribution is 2.20. The van der Waals surface area contributed by atoms with E-state index in [2.05, 4.69) is 10.2 Å². The Morgan fingerprint density at radius 3 is 2.67 bits per heavy atom. The van der Waals surface area contributed by atoms with Gasteiger partial charge in [-0.15, -0.1) is 0 Å². The van der Waals surface area contributed by atoms with E-state index in [4.69, 9.17) is 0 Å². The van der Waals surface area contributed by atoms with Crippen LogP contribution >= 0.6 is 0 Å². The van der Waals surface area contributed by atoms with Crippen molar-refractivity contribution in [1.29, 1.82) is 0 Å². The Hall–Kier alpha value is -0.610. The first-order chi connectivity index (χ1) is 8.49. The van der Waals surface area contributed by atoms with Crippen LogP contribution in [-0.2, 0) is 4.79 Å². The molecule has 106 valence electrons. The molecule has 1 fully saturated rings. The molecule has 2 N–H and O–H groups in total. The lowest BCUT2D eigenvalue weighted by Gasteiger charge is -2.30. The average molecular weight is 256 g/mol. The van der Waals surface area contributed by atoms with Crippen LogP contribution in [0.4, 0.5) is 0 Å². The molecule has 1 aliphatic rings. The fraction of sp³-hybridized carbons (Fsp3) is 0.929. The number of carbonyl (C=O) groups is 1. The Labute approximate surface area is 111 Å². The van der Waals surface area contributed by atoms with Crippen LogP contribution in [0.2, 0.25) is 0 Å². The van der Waals surface area contributed by atoms with Gasteiger partial charge >= 0.3 is 0 Å². The Bertz CT molecular complexity index is 254. The molecule has 0 bridgehead atoms. The van der Waals surface area contributed by atoms with Crippen LogP contribution in [0.5, 0.6) is 0 Å². The Balaban J connectivity index is 2.53. The SMILES string of the molecule is CC(O)CC1CCCCCN1CC(=O)NC(C)C. The van der Waals surface area contributed by atoms with Crippen LogP contribution in [0.3, 0.4) is 0 Å². The number of aliphatic hydroxyl groups is 1. The van der Waals surface area contributed by atoms with E-state index < -0.39 is 0 Å². The van der Waals surface area contributed by atoms with Crippen molar-refractivity contribution in [2.75, 3.05) is 13.1 Å². The molecule has 1 saturated heterocycles. The molecular formula is C14H28N2O2. The summed E-state index contributed by atoms with van der Waals surface area (Å²) in [7, 11) is 0. The molecule has 18 heavy (non-hydrogen) atoms. The second-order valence-corrected chi connectivity index (χ2v) is 5.78. The highest BCUT2D eigenvalue weighted by molar-refractivity contribution is 5.78. The van der Waals surface area contributed by atoms with E-state index in [-0.39, 0.29) is 18.1 Å². The van der Waals surface area contributed by atoms with Crippen LogP contribution in [0, 0.1) is 0 Å². The first-order valence-corrected chi connectivity index (χ1v) is 7.20. The number of likely N-dealkylation sites (tertiary alicyclic amines) is 1. The smallest absolute Gasteiger partial charge is 0.234 e. The third-order valence-corrected chi connectivity index (χ3v) is 3.41. The maximum Gasteiger partial charge on any atom is 0.234 e. The molecule has 0 aliphatic carbocycles. The number of nitrogens with one attached hydrogen (secondary N) is 1. The van der Waals surface area contributed by atoms with Gasteiger partial charge in [0.25, 0.3) is 0 Å². The minimum absolute atomic E-state index is 0.0995. The van der Waals surface area contributed by atoms with Gasteiger partial charge in [-0.05, 0) is 46.6 Å². The minimum Gasteiger partial charge on any atom is -0.393 e. The van der Waals surface area contributed by atoms with Crippen LogP contribution in [-0.4, -0.2) is 47.2 Å². The van der Waals surface area contributed by atoms with Crippen molar-refractivity contribution < 1.29 is 9.90 Å². The van der Waals surface area contributed by atoms with Crippen LogP contribution in [0.25, 0.3) is 0 Å². The lowest BCUT2D eigenvalue weighted by atomic mass is 10.0. The fourth-order valence-electron chi connectivity index (χ4n) is 2.66. The van der Waals surface area contributed by atoms with Crippen molar-refractivity contribution >= 4 is 5.91 Å².